The minimum atomic E-state index is -0.146. The summed E-state index contributed by atoms with van der Waals surface area (Å²) >= 11 is 0. The van der Waals surface area contributed by atoms with Crippen molar-refractivity contribution in [3.63, 3.8) is 0 Å². The molecule has 1 rings (SSSR count). The maximum atomic E-state index is 6.00. The lowest BCUT2D eigenvalue weighted by Crippen LogP contribution is -2.37. The van der Waals surface area contributed by atoms with Gasteiger partial charge in [0.25, 0.3) is 0 Å². The fourth-order valence-corrected chi connectivity index (χ4v) is 2.49. The monoisotopic (exact) mass is 304 g/mol. The van der Waals surface area contributed by atoms with E-state index >= 15 is 0 Å². The van der Waals surface area contributed by atoms with E-state index in [1.165, 1.54) is 5.56 Å². The molecule has 124 valence electrons. The summed E-state index contributed by atoms with van der Waals surface area (Å²) in [6.45, 7) is 15.5. The molecular weight excluding hydrogens is 272 g/mol. The number of rotatable bonds is 11. The SMILES string of the molecule is C=CCC(COCC(C)C)(COCC(C)C)c1ccccc1. The van der Waals surface area contributed by atoms with E-state index in [0.717, 1.165) is 19.6 Å². The van der Waals surface area contributed by atoms with E-state index in [1.807, 2.05) is 12.1 Å². The Hall–Kier alpha value is -1.12. The second-order valence-electron chi connectivity index (χ2n) is 6.96. The van der Waals surface area contributed by atoms with Crippen LogP contribution in [-0.2, 0) is 14.9 Å². The first-order valence-electron chi connectivity index (χ1n) is 8.32. The Kier molecular flexibility index (Phi) is 8.44. The molecule has 22 heavy (non-hydrogen) atoms. The highest BCUT2D eigenvalue weighted by Crippen LogP contribution is 2.30. The Morgan fingerprint density at radius 3 is 1.86 bits per heavy atom. The van der Waals surface area contributed by atoms with Crippen molar-refractivity contribution in [3.8, 4) is 0 Å². The predicted octanol–water partition coefficient (Wildman–Crippen LogP) is 4.85. The van der Waals surface area contributed by atoms with E-state index in [0.29, 0.717) is 25.0 Å². The van der Waals surface area contributed by atoms with Crippen LogP contribution in [-0.4, -0.2) is 26.4 Å². The van der Waals surface area contributed by atoms with Crippen LogP contribution in [0.25, 0.3) is 0 Å². The summed E-state index contributed by atoms with van der Waals surface area (Å²) in [4.78, 5) is 0. The van der Waals surface area contributed by atoms with Gasteiger partial charge in [0.05, 0.1) is 13.2 Å². The summed E-state index contributed by atoms with van der Waals surface area (Å²) < 4.78 is 12.0. The van der Waals surface area contributed by atoms with E-state index in [4.69, 9.17) is 9.47 Å². The molecule has 0 heterocycles. The highest BCUT2D eigenvalue weighted by molar-refractivity contribution is 5.27. The van der Waals surface area contributed by atoms with E-state index in [9.17, 15) is 0 Å². The first-order chi connectivity index (χ1) is 10.5. The normalized spacial score (nSPS) is 12.1. The van der Waals surface area contributed by atoms with Crippen molar-refractivity contribution in [1.82, 2.24) is 0 Å². The van der Waals surface area contributed by atoms with Gasteiger partial charge in [-0.1, -0.05) is 64.1 Å². The van der Waals surface area contributed by atoms with Crippen LogP contribution in [0, 0.1) is 11.8 Å². The molecule has 0 amide bonds. The van der Waals surface area contributed by atoms with Gasteiger partial charge in [-0.3, -0.25) is 0 Å². The molecule has 0 saturated heterocycles. The number of hydrogen-bond donors (Lipinski definition) is 0. The summed E-state index contributed by atoms with van der Waals surface area (Å²) in [5, 5.41) is 0. The lowest BCUT2D eigenvalue weighted by Gasteiger charge is -2.33. The lowest BCUT2D eigenvalue weighted by molar-refractivity contribution is 0.00513. The topological polar surface area (TPSA) is 18.5 Å². The zero-order valence-corrected chi connectivity index (χ0v) is 14.7. The number of benzene rings is 1. The van der Waals surface area contributed by atoms with Gasteiger partial charge in [0.1, 0.15) is 0 Å². The second-order valence-corrected chi connectivity index (χ2v) is 6.96. The average Bonchev–Trinajstić information content (AvgIpc) is 2.47. The minimum Gasteiger partial charge on any atom is -0.380 e. The Morgan fingerprint density at radius 1 is 0.955 bits per heavy atom. The van der Waals surface area contributed by atoms with Crippen LogP contribution in [0.15, 0.2) is 43.0 Å². The fourth-order valence-electron chi connectivity index (χ4n) is 2.49. The Balaban J connectivity index is 2.89. The fraction of sp³-hybridized carbons (Fsp3) is 0.600. The molecule has 0 aliphatic rings. The van der Waals surface area contributed by atoms with Gasteiger partial charge >= 0.3 is 0 Å². The molecule has 0 saturated carbocycles. The van der Waals surface area contributed by atoms with Crippen molar-refractivity contribution in [2.75, 3.05) is 26.4 Å². The Labute approximate surface area is 136 Å². The maximum Gasteiger partial charge on any atom is 0.0588 e. The third-order valence-electron chi connectivity index (χ3n) is 3.58. The third-order valence-corrected chi connectivity index (χ3v) is 3.58. The smallest absolute Gasteiger partial charge is 0.0588 e. The van der Waals surface area contributed by atoms with E-state index < -0.39 is 0 Å². The van der Waals surface area contributed by atoms with Crippen molar-refractivity contribution < 1.29 is 9.47 Å². The van der Waals surface area contributed by atoms with Crippen LogP contribution in [0.3, 0.4) is 0 Å². The molecular formula is C20H32O2. The first-order valence-corrected chi connectivity index (χ1v) is 8.32. The second kappa shape index (κ2) is 9.81. The molecule has 0 aliphatic carbocycles. The van der Waals surface area contributed by atoms with Gasteiger partial charge in [0, 0.05) is 18.6 Å². The first kappa shape index (κ1) is 18.9. The molecule has 0 unspecified atom stereocenters. The van der Waals surface area contributed by atoms with Gasteiger partial charge in [0.2, 0.25) is 0 Å². The van der Waals surface area contributed by atoms with Crippen LogP contribution >= 0.6 is 0 Å². The number of hydrogen-bond acceptors (Lipinski definition) is 2. The van der Waals surface area contributed by atoms with Crippen molar-refractivity contribution in [2.45, 2.75) is 39.5 Å². The largest absolute Gasteiger partial charge is 0.380 e. The standard InChI is InChI=1S/C20H32O2/c1-6-12-20(15-21-13-17(2)3,16-22-14-18(4)5)19-10-8-7-9-11-19/h6-11,17-18H,1,12-16H2,2-5H3. The van der Waals surface area contributed by atoms with Gasteiger partial charge in [-0.15, -0.1) is 6.58 Å². The van der Waals surface area contributed by atoms with Crippen molar-refractivity contribution in [2.24, 2.45) is 11.8 Å². The minimum absolute atomic E-state index is 0.146. The molecule has 2 nitrogen and oxygen atoms in total. The molecule has 0 aromatic heterocycles. The summed E-state index contributed by atoms with van der Waals surface area (Å²) in [5.74, 6) is 1.07. The third kappa shape index (κ3) is 6.33. The van der Waals surface area contributed by atoms with Crippen molar-refractivity contribution in [3.05, 3.63) is 48.6 Å². The molecule has 0 bridgehead atoms. The molecule has 0 N–H and O–H groups in total. The van der Waals surface area contributed by atoms with Crippen molar-refractivity contribution in [1.29, 1.82) is 0 Å². The molecule has 0 fully saturated rings. The van der Waals surface area contributed by atoms with Gasteiger partial charge in [0.15, 0.2) is 0 Å². The molecule has 2 heteroatoms. The highest BCUT2D eigenvalue weighted by Gasteiger charge is 2.32. The maximum absolute atomic E-state index is 6.00. The molecule has 0 atom stereocenters. The van der Waals surface area contributed by atoms with Gasteiger partial charge in [-0.25, -0.2) is 0 Å². The molecule has 0 radical (unpaired) electrons. The van der Waals surface area contributed by atoms with E-state index in [1.54, 1.807) is 0 Å². The Morgan fingerprint density at radius 2 is 1.45 bits per heavy atom. The summed E-state index contributed by atoms with van der Waals surface area (Å²) in [5.41, 5.74) is 1.12. The molecule has 1 aromatic rings. The van der Waals surface area contributed by atoms with Crippen LogP contribution in [0.4, 0.5) is 0 Å². The average molecular weight is 304 g/mol. The lowest BCUT2D eigenvalue weighted by atomic mass is 9.79. The zero-order chi connectivity index (χ0) is 16.4. The predicted molar refractivity (Wildman–Crippen MR) is 94.2 cm³/mol. The Bertz CT molecular complexity index is 395. The zero-order valence-electron chi connectivity index (χ0n) is 14.7. The van der Waals surface area contributed by atoms with Crippen LogP contribution in [0.5, 0.6) is 0 Å². The number of ether oxygens (including phenoxy) is 2. The quantitative estimate of drug-likeness (QED) is 0.544. The van der Waals surface area contributed by atoms with Crippen LogP contribution in [0.1, 0.15) is 39.7 Å². The van der Waals surface area contributed by atoms with Crippen LogP contribution in [0.2, 0.25) is 0 Å². The van der Waals surface area contributed by atoms with E-state index in [-0.39, 0.29) is 5.41 Å². The molecule has 1 aromatic carbocycles. The van der Waals surface area contributed by atoms with Gasteiger partial charge in [-0.05, 0) is 23.8 Å². The summed E-state index contributed by atoms with van der Waals surface area (Å²) in [6.07, 6.45) is 2.83. The molecule has 0 spiro atoms. The van der Waals surface area contributed by atoms with Gasteiger partial charge in [-0.2, -0.15) is 0 Å². The summed E-state index contributed by atoms with van der Waals surface area (Å²) in [6, 6.07) is 10.5. The summed E-state index contributed by atoms with van der Waals surface area (Å²) in [7, 11) is 0. The highest BCUT2D eigenvalue weighted by atomic mass is 16.5. The van der Waals surface area contributed by atoms with E-state index in [2.05, 4.69) is 58.5 Å². The number of allylic oxidation sites excluding steroid dienone is 1. The van der Waals surface area contributed by atoms with Gasteiger partial charge < -0.3 is 9.47 Å². The molecule has 0 aliphatic heterocycles. The van der Waals surface area contributed by atoms with Crippen LogP contribution < -0.4 is 0 Å². The van der Waals surface area contributed by atoms with Crippen molar-refractivity contribution >= 4 is 0 Å².